The molecule has 0 bridgehead atoms. The van der Waals surface area contributed by atoms with Crippen LogP contribution in [0.3, 0.4) is 0 Å². The van der Waals surface area contributed by atoms with E-state index in [0.717, 1.165) is 5.76 Å². The molecule has 4 heteroatoms. The lowest BCUT2D eigenvalue weighted by Gasteiger charge is -2.27. The highest BCUT2D eigenvalue weighted by atomic mass is 16.3. The van der Waals surface area contributed by atoms with Crippen LogP contribution < -0.4 is 11.1 Å². The molecule has 4 nitrogen and oxygen atoms in total. The molecule has 0 aliphatic carbocycles. The fourth-order valence-electron chi connectivity index (χ4n) is 1.31. The van der Waals surface area contributed by atoms with Gasteiger partial charge >= 0.3 is 0 Å². The molecule has 1 heterocycles. The Bertz CT molecular complexity index is 338. The van der Waals surface area contributed by atoms with Crippen LogP contribution in [0.2, 0.25) is 0 Å². The zero-order chi connectivity index (χ0) is 12.3. The van der Waals surface area contributed by atoms with Gasteiger partial charge in [0.05, 0.1) is 18.3 Å². The number of amides is 1. The van der Waals surface area contributed by atoms with Gasteiger partial charge in [-0.2, -0.15) is 0 Å². The van der Waals surface area contributed by atoms with E-state index in [4.69, 9.17) is 10.2 Å². The number of rotatable bonds is 3. The number of furan rings is 1. The summed E-state index contributed by atoms with van der Waals surface area (Å²) < 4.78 is 5.21. The van der Waals surface area contributed by atoms with Crippen molar-refractivity contribution in [3.05, 3.63) is 24.2 Å². The van der Waals surface area contributed by atoms with Crippen molar-refractivity contribution in [1.82, 2.24) is 5.32 Å². The quantitative estimate of drug-likeness (QED) is 0.823. The highest BCUT2D eigenvalue weighted by molar-refractivity contribution is 5.82. The second-order valence-electron chi connectivity index (χ2n) is 5.09. The number of carbonyl (C=O) groups excluding carboxylic acids is 1. The summed E-state index contributed by atoms with van der Waals surface area (Å²) in [7, 11) is 0. The molecule has 0 aliphatic rings. The van der Waals surface area contributed by atoms with Crippen LogP contribution in [0.1, 0.15) is 39.5 Å². The Hall–Kier alpha value is -1.29. The van der Waals surface area contributed by atoms with Crippen LogP contribution in [-0.2, 0) is 4.79 Å². The van der Waals surface area contributed by atoms with Gasteiger partial charge in [-0.3, -0.25) is 4.79 Å². The average molecular weight is 224 g/mol. The first-order valence-corrected chi connectivity index (χ1v) is 5.41. The maximum atomic E-state index is 11.8. The number of hydrogen-bond acceptors (Lipinski definition) is 3. The Morgan fingerprint density at radius 2 is 2.12 bits per heavy atom. The molecule has 1 amide bonds. The molecule has 0 saturated carbocycles. The number of hydrogen-bond donors (Lipinski definition) is 2. The Labute approximate surface area is 96.2 Å². The molecule has 16 heavy (non-hydrogen) atoms. The van der Waals surface area contributed by atoms with E-state index in [1.54, 1.807) is 12.3 Å². The molecule has 2 atom stereocenters. The minimum atomic E-state index is -0.523. The predicted molar refractivity (Wildman–Crippen MR) is 62.7 cm³/mol. The summed E-state index contributed by atoms with van der Waals surface area (Å²) >= 11 is 0. The van der Waals surface area contributed by atoms with E-state index >= 15 is 0 Å². The largest absolute Gasteiger partial charge is 0.467 e. The molecule has 0 aromatic carbocycles. The molecule has 0 spiro atoms. The molecular formula is C12H20N2O2. The fraction of sp³-hybridized carbons (Fsp3) is 0.583. The van der Waals surface area contributed by atoms with Crippen LogP contribution in [0.15, 0.2) is 22.8 Å². The summed E-state index contributed by atoms with van der Waals surface area (Å²) in [6.45, 7) is 7.69. The first kappa shape index (κ1) is 12.8. The summed E-state index contributed by atoms with van der Waals surface area (Å²) in [6, 6.07) is 2.94. The molecule has 0 unspecified atom stereocenters. The number of carbonyl (C=O) groups is 1. The summed E-state index contributed by atoms with van der Waals surface area (Å²) in [5.41, 5.74) is 5.61. The molecule has 90 valence electrons. The maximum absolute atomic E-state index is 11.8. The van der Waals surface area contributed by atoms with E-state index in [1.165, 1.54) is 0 Å². The Balaban J connectivity index is 2.59. The van der Waals surface area contributed by atoms with Crippen molar-refractivity contribution in [3.63, 3.8) is 0 Å². The van der Waals surface area contributed by atoms with Gasteiger partial charge in [-0.1, -0.05) is 20.8 Å². The number of nitrogens with one attached hydrogen (secondary N) is 1. The molecule has 3 N–H and O–H groups in total. The minimum Gasteiger partial charge on any atom is -0.467 e. The van der Waals surface area contributed by atoms with Crippen molar-refractivity contribution < 1.29 is 9.21 Å². The summed E-state index contributed by atoms with van der Waals surface area (Å²) in [5.74, 6) is 0.575. The van der Waals surface area contributed by atoms with Gasteiger partial charge in [0.15, 0.2) is 0 Å². The van der Waals surface area contributed by atoms with E-state index < -0.39 is 6.04 Å². The third kappa shape index (κ3) is 3.10. The third-order valence-electron chi connectivity index (χ3n) is 2.54. The van der Waals surface area contributed by atoms with Crippen molar-refractivity contribution in [2.24, 2.45) is 11.1 Å². The lowest BCUT2D eigenvalue weighted by Crippen LogP contribution is -2.49. The van der Waals surface area contributed by atoms with Gasteiger partial charge in [0.25, 0.3) is 0 Å². The minimum absolute atomic E-state index is 0.156. The Morgan fingerprint density at radius 3 is 2.56 bits per heavy atom. The molecule has 0 fully saturated rings. The first-order valence-electron chi connectivity index (χ1n) is 5.41. The monoisotopic (exact) mass is 224 g/mol. The van der Waals surface area contributed by atoms with E-state index in [2.05, 4.69) is 5.32 Å². The number of nitrogens with two attached hydrogens (primary N) is 1. The van der Waals surface area contributed by atoms with Gasteiger partial charge in [0, 0.05) is 0 Å². The van der Waals surface area contributed by atoms with Crippen molar-refractivity contribution >= 4 is 5.91 Å². The summed E-state index contributed by atoms with van der Waals surface area (Å²) in [5, 5.41) is 2.83. The van der Waals surface area contributed by atoms with E-state index in [9.17, 15) is 4.79 Å². The van der Waals surface area contributed by atoms with Gasteiger partial charge in [0.2, 0.25) is 5.91 Å². The van der Waals surface area contributed by atoms with Crippen LogP contribution in [0.4, 0.5) is 0 Å². The molecule has 0 aliphatic heterocycles. The van der Waals surface area contributed by atoms with Gasteiger partial charge in [-0.15, -0.1) is 0 Å². The first-order chi connectivity index (χ1) is 7.32. The van der Waals surface area contributed by atoms with E-state index in [1.807, 2.05) is 33.8 Å². The smallest absolute Gasteiger partial charge is 0.238 e. The molecule has 1 rings (SSSR count). The van der Waals surface area contributed by atoms with Gasteiger partial charge < -0.3 is 15.5 Å². The third-order valence-corrected chi connectivity index (χ3v) is 2.54. The topological polar surface area (TPSA) is 68.3 Å². The lowest BCUT2D eigenvalue weighted by molar-refractivity contribution is -0.125. The van der Waals surface area contributed by atoms with Crippen LogP contribution in [0, 0.1) is 5.41 Å². The second kappa shape index (κ2) is 4.70. The van der Waals surface area contributed by atoms with Crippen LogP contribution >= 0.6 is 0 Å². The highest BCUT2D eigenvalue weighted by Gasteiger charge is 2.28. The SMILES string of the molecule is C[C@H](NC(=O)[C@H](N)C(C)(C)C)c1ccco1. The van der Waals surface area contributed by atoms with Crippen molar-refractivity contribution in [3.8, 4) is 0 Å². The Morgan fingerprint density at radius 1 is 1.50 bits per heavy atom. The van der Waals surface area contributed by atoms with Gasteiger partial charge in [0.1, 0.15) is 5.76 Å². The molecule has 1 aromatic heterocycles. The van der Waals surface area contributed by atoms with E-state index in [-0.39, 0.29) is 17.4 Å². The van der Waals surface area contributed by atoms with Gasteiger partial charge in [-0.05, 0) is 24.5 Å². The fourth-order valence-corrected chi connectivity index (χ4v) is 1.31. The van der Waals surface area contributed by atoms with Crippen molar-refractivity contribution in [2.75, 3.05) is 0 Å². The van der Waals surface area contributed by atoms with Crippen LogP contribution in [0.25, 0.3) is 0 Å². The van der Waals surface area contributed by atoms with Gasteiger partial charge in [-0.25, -0.2) is 0 Å². The lowest BCUT2D eigenvalue weighted by atomic mass is 9.87. The maximum Gasteiger partial charge on any atom is 0.238 e. The predicted octanol–water partition coefficient (Wildman–Crippen LogP) is 1.83. The molecule has 0 radical (unpaired) electrons. The van der Waals surface area contributed by atoms with Crippen LogP contribution in [0.5, 0.6) is 0 Å². The standard InChI is InChI=1S/C12H20N2O2/c1-8(9-6-5-7-16-9)14-11(15)10(13)12(2,3)4/h5-8,10H,13H2,1-4H3,(H,14,15)/t8-,10-/m0/s1. The molecule has 1 aromatic rings. The van der Waals surface area contributed by atoms with E-state index in [0.29, 0.717) is 0 Å². The summed E-state index contributed by atoms with van der Waals surface area (Å²) in [6.07, 6.45) is 1.58. The highest BCUT2D eigenvalue weighted by Crippen LogP contribution is 2.19. The molecular weight excluding hydrogens is 204 g/mol. The van der Waals surface area contributed by atoms with Crippen LogP contribution in [-0.4, -0.2) is 11.9 Å². The van der Waals surface area contributed by atoms with Crippen molar-refractivity contribution in [2.45, 2.75) is 39.8 Å². The Kier molecular flexibility index (Phi) is 3.75. The zero-order valence-electron chi connectivity index (χ0n) is 10.3. The average Bonchev–Trinajstić information content (AvgIpc) is 2.67. The summed E-state index contributed by atoms with van der Waals surface area (Å²) in [4.78, 5) is 11.8. The molecule has 0 saturated heterocycles. The van der Waals surface area contributed by atoms with Crippen molar-refractivity contribution in [1.29, 1.82) is 0 Å². The zero-order valence-corrected chi connectivity index (χ0v) is 10.3. The second-order valence-corrected chi connectivity index (χ2v) is 5.09. The normalized spacial score (nSPS) is 15.6.